The number of carbonyl (C=O) groups is 2. The van der Waals surface area contributed by atoms with Gasteiger partial charge in [-0.25, -0.2) is 8.42 Å². The number of halogens is 2. The lowest BCUT2D eigenvalue weighted by Gasteiger charge is -2.33. The van der Waals surface area contributed by atoms with Gasteiger partial charge in [0, 0.05) is 23.6 Å². The van der Waals surface area contributed by atoms with E-state index in [0.717, 1.165) is 15.4 Å². The predicted molar refractivity (Wildman–Crippen MR) is 152 cm³/mol. The van der Waals surface area contributed by atoms with Gasteiger partial charge in [-0.3, -0.25) is 13.9 Å². The Bertz CT molecular complexity index is 1390. The van der Waals surface area contributed by atoms with Gasteiger partial charge in [0.15, 0.2) is 0 Å². The highest BCUT2D eigenvalue weighted by Crippen LogP contribution is 2.27. The monoisotopic (exact) mass is 575 g/mol. The Morgan fingerprint density at radius 1 is 0.921 bits per heavy atom. The first-order valence-electron chi connectivity index (χ1n) is 12.1. The van der Waals surface area contributed by atoms with E-state index >= 15 is 0 Å². The van der Waals surface area contributed by atoms with Crippen LogP contribution in [0.4, 0.5) is 5.69 Å². The van der Waals surface area contributed by atoms with Gasteiger partial charge < -0.3 is 10.2 Å². The van der Waals surface area contributed by atoms with Gasteiger partial charge in [-0.1, -0.05) is 71.6 Å². The molecule has 0 aromatic heterocycles. The maximum Gasteiger partial charge on any atom is 0.264 e. The summed E-state index contributed by atoms with van der Waals surface area (Å²) in [6, 6.07) is 17.4. The number of anilines is 1. The number of sulfonamides is 1. The molecule has 0 bridgehead atoms. The fourth-order valence-corrected chi connectivity index (χ4v) is 5.88. The van der Waals surface area contributed by atoms with Gasteiger partial charge in [0.25, 0.3) is 10.0 Å². The molecular formula is C28H31Cl2N3O4S. The van der Waals surface area contributed by atoms with E-state index in [0.29, 0.717) is 27.7 Å². The van der Waals surface area contributed by atoms with Crippen LogP contribution in [-0.2, 0) is 26.2 Å². The molecule has 0 aliphatic rings. The van der Waals surface area contributed by atoms with E-state index < -0.39 is 28.5 Å². The van der Waals surface area contributed by atoms with E-state index in [2.05, 4.69) is 5.32 Å². The van der Waals surface area contributed by atoms with Gasteiger partial charge in [0.2, 0.25) is 11.8 Å². The second-order valence-electron chi connectivity index (χ2n) is 8.96. The minimum Gasteiger partial charge on any atom is -0.357 e. The van der Waals surface area contributed by atoms with Crippen molar-refractivity contribution in [1.82, 2.24) is 10.2 Å². The van der Waals surface area contributed by atoms with Crippen molar-refractivity contribution in [2.24, 2.45) is 0 Å². The molecule has 0 aliphatic carbocycles. The smallest absolute Gasteiger partial charge is 0.264 e. The van der Waals surface area contributed by atoms with Gasteiger partial charge in [0.1, 0.15) is 12.6 Å². The molecule has 10 heteroatoms. The van der Waals surface area contributed by atoms with Crippen molar-refractivity contribution >= 4 is 50.7 Å². The first kappa shape index (κ1) is 29.5. The van der Waals surface area contributed by atoms with Crippen LogP contribution in [0.25, 0.3) is 0 Å². The number of aryl methyl sites for hydroxylation is 2. The Morgan fingerprint density at radius 3 is 2.03 bits per heavy atom. The minimum atomic E-state index is -4.12. The molecule has 1 atom stereocenters. The minimum absolute atomic E-state index is 0.00687. The highest BCUT2D eigenvalue weighted by Gasteiger charge is 2.33. The number of likely N-dealkylation sites (N-methyl/N-ethyl adjacent to an activating group) is 1. The van der Waals surface area contributed by atoms with E-state index in [1.165, 1.54) is 24.1 Å². The molecule has 38 heavy (non-hydrogen) atoms. The number of nitrogens with one attached hydrogen (secondary N) is 1. The summed E-state index contributed by atoms with van der Waals surface area (Å²) < 4.78 is 28.7. The Labute approximate surface area is 234 Å². The van der Waals surface area contributed by atoms with E-state index in [9.17, 15) is 18.0 Å². The van der Waals surface area contributed by atoms with E-state index in [4.69, 9.17) is 23.2 Å². The number of nitrogens with zero attached hydrogens (tertiary/aromatic N) is 2. The topological polar surface area (TPSA) is 86.8 Å². The molecule has 0 heterocycles. The molecule has 0 unspecified atom stereocenters. The normalized spacial score (nSPS) is 12.1. The zero-order chi connectivity index (χ0) is 28.0. The van der Waals surface area contributed by atoms with Crippen LogP contribution in [0.15, 0.2) is 71.6 Å². The molecule has 3 aromatic carbocycles. The van der Waals surface area contributed by atoms with Crippen LogP contribution in [0.5, 0.6) is 0 Å². The summed E-state index contributed by atoms with van der Waals surface area (Å²) in [4.78, 5) is 28.1. The standard InChI is InChI=1S/C28H31Cl2N3O4S/c1-5-26(28(35)31-4)32(17-21-10-11-22(29)16-25(21)30)27(34)18-33(23-12-6-19(2)7-13-23)38(36,37)24-14-8-20(3)9-15-24/h6-16,26H,5,17-18H2,1-4H3,(H,31,35)/t26-/m0/s1. The lowest BCUT2D eigenvalue weighted by Crippen LogP contribution is -2.51. The molecular weight excluding hydrogens is 545 g/mol. The first-order chi connectivity index (χ1) is 18.0. The van der Waals surface area contributed by atoms with E-state index in [-0.39, 0.29) is 17.3 Å². The SMILES string of the molecule is CC[C@@H](C(=O)NC)N(Cc1ccc(Cl)cc1Cl)C(=O)CN(c1ccc(C)cc1)S(=O)(=O)c1ccc(C)cc1. The third-order valence-electron chi connectivity index (χ3n) is 6.20. The Hall–Kier alpha value is -3.07. The average Bonchev–Trinajstić information content (AvgIpc) is 2.88. The van der Waals surface area contributed by atoms with Gasteiger partial charge in [-0.2, -0.15) is 0 Å². The number of carbonyl (C=O) groups excluding carboxylic acids is 2. The lowest BCUT2D eigenvalue weighted by atomic mass is 10.1. The Morgan fingerprint density at radius 2 is 1.50 bits per heavy atom. The highest BCUT2D eigenvalue weighted by atomic mass is 35.5. The summed E-state index contributed by atoms with van der Waals surface area (Å²) >= 11 is 12.4. The Balaban J connectivity index is 2.07. The molecule has 202 valence electrons. The predicted octanol–water partition coefficient (Wildman–Crippen LogP) is 5.36. The van der Waals surface area contributed by atoms with Crippen molar-refractivity contribution in [1.29, 1.82) is 0 Å². The van der Waals surface area contributed by atoms with Gasteiger partial charge in [-0.05, 0) is 62.2 Å². The third-order valence-corrected chi connectivity index (χ3v) is 8.57. The van der Waals surface area contributed by atoms with Crippen molar-refractivity contribution in [3.05, 3.63) is 93.5 Å². The molecule has 1 N–H and O–H groups in total. The molecule has 3 aromatic rings. The second-order valence-corrected chi connectivity index (χ2v) is 11.7. The molecule has 0 radical (unpaired) electrons. The van der Waals surface area contributed by atoms with Crippen LogP contribution < -0.4 is 9.62 Å². The van der Waals surface area contributed by atoms with Crippen molar-refractivity contribution in [3.63, 3.8) is 0 Å². The number of amides is 2. The third kappa shape index (κ3) is 6.87. The van der Waals surface area contributed by atoms with Crippen LogP contribution in [0.3, 0.4) is 0 Å². The van der Waals surface area contributed by atoms with Crippen molar-refractivity contribution in [3.8, 4) is 0 Å². The number of hydrogen-bond donors (Lipinski definition) is 1. The average molecular weight is 577 g/mol. The van der Waals surface area contributed by atoms with Crippen LogP contribution in [0.2, 0.25) is 10.0 Å². The van der Waals surface area contributed by atoms with Crippen LogP contribution in [0.1, 0.15) is 30.0 Å². The quantitative estimate of drug-likeness (QED) is 0.352. The van der Waals surface area contributed by atoms with Gasteiger partial charge in [-0.15, -0.1) is 0 Å². The van der Waals surface area contributed by atoms with Crippen molar-refractivity contribution in [2.45, 2.75) is 44.7 Å². The fraction of sp³-hybridized carbons (Fsp3) is 0.286. The summed E-state index contributed by atoms with van der Waals surface area (Å²) in [6.07, 6.45) is 0.311. The molecule has 2 amide bonds. The zero-order valence-corrected chi connectivity index (χ0v) is 24.1. The number of benzene rings is 3. The van der Waals surface area contributed by atoms with Gasteiger partial charge >= 0.3 is 0 Å². The summed E-state index contributed by atoms with van der Waals surface area (Å²) in [6.45, 7) is 5.01. The molecule has 3 rings (SSSR count). The lowest BCUT2D eigenvalue weighted by molar-refractivity contribution is -0.140. The van der Waals surface area contributed by atoms with E-state index in [1.54, 1.807) is 61.5 Å². The summed E-state index contributed by atoms with van der Waals surface area (Å²) in [5, 5.41) is 3.37. The molecule has 0 saturated carbocycles. The maximum absolute atomic E-state index is 13.9. The van der Waals surface area contributed by atoms with Crippen molar-refractivity contribution < 1.29 is 18.0 Å². The largest absolute Gasteiger partial charge is 0.357 e. The van der Waals surface area contributed by atoms with Crippen LogP contribution in [-0.4, -0.2) is 44.8 Å². The zero-order valence-electron chi connectivity index (χ0n) is 21.7. The van der Waals surface area contributed by atoms with Crippen LogP contribution in [0, 0.1) is 13.8 Å². The summed E-state index contributed by atoms with van der Waals surface area (Å²) in [7, 11) is -2.63. The molecule has 0 spiro atoms. The summed E-state index contributed by atoms with van der Waals surface area (Å²) in [5.74, 6) is -0.919. The second kappa shape index (κ2) is 12.7. The number of rotatable bonds is 10. The molecule has 0 saturated heterocycles. The summed E-state index contributed by atoms with van der Waals surface area (Å²) in [5.41, 5.74) is 2.76. The van der Waals surface area contributed by atoms with Crippen LogP contribution >= 0.6 is 23.2 Å². The maximum atomic E-state index is 13.9. The van der Waals surface area contributed by atoms with E-state index in [1.807, 2.05) is 13.8 Å². The number of hydrogen-bond acceptors (Lipinski definition) is 4. The molecule has 7 nitrogen and oxygen atoms in total. The molecule has 0 fully saturated rings. The fourth-order valence-electron chi connectivity index (χ4n) is 4.00. The van der Waals surface area contributed by atoms with Crippen molar-refractivity contribution in [2.75, 3.05) is 17.9 Å². The molecule has 0 aliphatic heterocycles. The first-order valence-corrected chi connectivity index (χ1v) is 14.3. The highest BCUT2D eigenvalue weighted by molar-refractivity contribution is 7.92. The van der Waals surface area contributed by atoms with Gasteiger partial charge in [0.05, 0.1) is 10.6 Å². The Kier molecular flexibility index (Phi) is 9.82.